The number of nitrogens with zero attached hydrogens (tertiary/aromatic N) is 4. The highest BCUT2D eigenvalue weighted by Gasteiger charge is 2.15. The monoisotopic (exact) mass is 475 g/mol. The molecule has 2 heterocycles. The second kappa shape index (κ2) is 8.48. The lowest BCUT2D eigenvalue weighted by atomic mass is 10.1. The quantitative estimate of drug-likeness (QED) is 0.242. The van der Waals surface area contributed by atoms with Gasteiger partial charge in [-0.15, -0.1) is 15.0 Å². The van der Waals surface area contributed by atoms with E-state index in [1.165, 1.54) is 12.1 Å². The van der Waals surface area contributed by atoms with Gasteiger partial charge in [-0.1, -0.05) is 36.4 Å². The van der Waals surface area contributed by atoms with E-state index < -0.39 is 10.8 Å². The van der Waals surface area contributed by atoms with E-state index in [1.54, 1.807) is 47.3 Å². The zero-order valence-electron chi connectivity index (χ0n) is 18.7. The summed E-state index contributed by atoms with van der Waals surface area (Å²) < 4.78 is 5.68. The van der Waals surface area contributed by atoms with Gasteiger partial charge >= 0.3 is 0 Å². The number of rotatable bonds is 5. The Balaban J connectivity index is 1.24. The van der Waals surface area contributed by atoms with Crippen LogP contribution < -0.4 is 5.32 Å². The molecule has 0 fully saturated rings. The van der Waals surface area contributed by atoms with Crippen LogP contribution in [0.15, 0.2) is 101 Å². The summed E-state index contributed by atoms with van der Waals surface area (Å²) in [5, 5.41) is 25.0. The predicted molar refractivity (Wildman–Crippen MR) is 135 cm³/mol. The van der Waals surface area contributed by atoms with Crippen LogP contribution in [-0.4, -0.2) is 25.8 Å². The Labute approximate surface area is 203 Å². The Morgan fingerprint density at radius 2 is 1.64 bits per heavy atom. The van der Waals surface area contributed by atoms with Gasteiger partial charge in [-0.3, -0.25) is 14.9 Å². The molecule has 36 heavy (non-hydrogen) atoms. The maximum atomic E-state index is 12.8. The summed E-state index contributed by atoms with van der Waals surface area (Å²) in [6, 6.07) is 28.4. The van der Waals surface area contributed by atoms with Gasteiger partial charge in [0.1, 0.15) is 16.8 Å². The van der Waals surface area contributed by atoms with E-state index >= 15 is 0 Å². The first-order valence-corrected chi connectivity index (χ1v) is 11.1. The number of benzene rings is 4. The van der Waals surface area contributed by atoms with Crippen molar-refractivity contribution in [1.82, 2.24) is 15.0 Å². The maximum Gasteiger partial charge on any atom is 0.291 e. The highest BCUT2D eigenvalue weighted by molar-refractivity contribution is 6.03. The van der Waals surface area contributed by atoms with Gasteiger partial charge in [-0.2, -0.15) is 0 Å². The molecule has 0 saturated carbocycles. The van der Waals surface area contributed by atoms with E-state index in [9.17, 15) is 14.9 Å². The van der Waals surface area contributed by atoms with Crippen molar-refractivity contribution in [2.75, 3.05) is 5.32 Å². The van der Waals surface area contributed by atoms with Crippen LogP contribution in [-0.2, 0) is 0 Å². The van der Waals surface area contributed by atoms with E-state index in [2.05, 4.69) is 15.5 Å². The third-order valence-electron chi connectivity index (χ3n) is 5.81. The molecule has 0 atom stereocenters. The molecule has 9 nitrogen and oxygen atoms in total. The first-order valence-electron chi connectivity index (χ1n) is 11.1. The largest absolute Gasteiger partial charge is 0.451 e. The maximum absolute atomic E-state index is 12.8. The van der Waals surface area contributed by atoms with Gasteiger partial charge in [-0.25, -0.2) is 0 Å². The van der Waals surface area contributed by atoms with Crippen LogP contribution in [0.1, 0.15) is 10.6 Å². The summed E-state index contributed by atoms with van der Waals surface area (Å²) in [5.41, 5.74) is 3.35. The third kappa shape index (κ3) is 3.84. The van der Waals surface area contributed by atoms with E-state index in [0.29, 0.717) is 28.0 Å². The molecule has 0 radical (unpaired) electrons. The number of carbonyl (C=O) groups excluding carboxylic acids is 1. The number of nitro groups is 1. The number of carbonyl (C=O) groups is 1. The summed E-state index contributed by atoms with van der Waals surface area (Å²) in [5.74, 6) is 0.121. The summed E-state index contributed by atoms with van der Waals surface area (Å²) in [4.78, 5) is 24.7. The Kier molecular flexibility index (Phi) is 5.00. The zero-order valence-corrected chi connectivity index (χ0v) is 18.7. The normalized spacial score (nSPS) is 11.1. The van der Waals surface area contributed by atoms with Gasteiger partial charge in [0.2, 0.25) is 0 Å². The number of nitro benzene ring substituents is 1. The Hall–Kier alpha value is -5.31. The molecule has 0 aliphatic rings. The fourth-order valence-corrected chi connectivity index (χ4v) is 4.04. The number of hydrogen-bond donors (Lipinski definition) is 1. The van der Waals surface area contributed by atoms with E-state index in [-0.39, 0.29) is 11.4 Å². The first-order chi connectivity index (χ1) is 17.5. The van der Waals surface area contributed by atoms with Gasteiger partial charge in [0.05, 0.1) is 10.6 Å². The molecule has 9 heteroatoms. The fourth-order valence-electron chi connectivity index (χ4n) is 4.04. The molecule has 2 aromatic heterocycles. The molecule has 174 valence electrons. The second-order valence-corrected chi connectivity index (χ2v) is 8.11. The summed E-state index contributed by atoms with van der Waals surface area (Å²) in [6.45, 7) is 0. The van der Waals surface area contributed by atoms with Crippen LogP contribution in [0.2, 0.25) is 0 Å². The minimum Gasteiger partial charge on any atom is -0.451 e. The molecular weight excluding hydrogens is 458 g/mol. The molecule has 6 aromatic rings. The number of furan rings is 1. The molecule has 6 rings (SSSR count). The highest BCUT2D eigenvalue weighted by atomic mass is 16.6. The zero-order chi connectivity index (χ0) is 24.6. The van der Waals surface area contributed by atoms with E-state index in [4.69, 9.17) is 4.42 Å². The summed E-state index contributed by atoms with van der Waals surface area (Å²) >= 11 is 0. The molecule has 1 amide bonds. The van der Waals surface area contributed by atoms with Crippen LogP contribution in [0.3, 0.4) is 0 Å². The SMILES string of the molecule is O=C(Nc1ccc2nn(-c3cccc4ccccc34)nc2c1)c1ccc(-c2ccc([N+](=O)[O-])cc2)o1. The average Bonchev–Trinajstić information content (AvgIpc) is 3.56. The van der Waals surface area contributed by atoms with Crippen molar-refractivity contribution in [3.63, 3.8) is 0 Å². The molecule has 0 spiro atoms. The third-order valence-corrected chi connectivity index (χ3v) is 5.81. The van der Waals surface area contributed by atoms with Crippen LogP contribution in [0, 0.1) is 10.1 Å². The van der Waals surface area contributed by atoms with E-state index in [1.807, 2.05) is 42.5 Å². The topological polar surface area (TPSA) is 116 Å². The van der Waals surface area contributed by atoms with Gasteiger partial charge in [0, 0.05) is 28.8 Å². The number of hydrogen-bond acceptors (Lipinski definition) is 6. The van der Waals surface area contributed by atoms with Crippen molar-refractivity contribution < 1.29 is 14.1 Å². The Bertz CT molecular complexity index is 1760. The second-order valence-electron chi connectivity index (χ2n) is 8.11. The lowest BCUT2D eigenvalue weighted by molar-refractivity contribution is -0.384. The molecule has 0 aliphatic heterocycles. The van der Waals surface area contributed by atoms with Crippen molar-refractivity contribution in [2.24, 2.45) is 0 Å². The van der Waals surface area contributed by atoms with Gasteiger partial charge in [0.15, 0.2) is 5.76 Å². The van der Waals surface area contributed by atoms with Crippen molar-refractivity contribution in [2.45, 2.75) is 0 Å². The van der Waals surface area contributed by atoms with Gasteiger partial charge in [0.25, 0.3) is 11.6 Å². The Morgan fingerprint density at radius 1 is 0.861 bits per heavy atom. The van der Waals surface area contributed by atoms with Crippen LogP contribution in [0.5, 0.6) is 0 Å². The number of aromatic nitrogens is 3. The molecule has 0 bridgehead atoms. The highest BCUT2D eigenvalue weighted by Crippen LogP contribution is 2.26. The van der Waals surface area contributed by atoms with Gasteiger partial charge in [-0.05, 0) is 53.9 Å². The number of amides is 1. The van der Waals surface area contributed by atoms with Crippen molar-refractivity contribution in [3.8, 4) is 17.0 Å². The van der Waals surface area contributed by atoms with Crippen molar-refractivity contribution in [3.05, 3.63) is 113 Å². The van der Waals surface area contributed by atoms with E-state index in [0.717, 1.165) is 16.5 Å². The lowest BCUT2D eigenvalue weighted by Crippen LogP contribution is -2.10. The standard InChI is InChI=1S/C27H17N5O4/c33-27(26-15-14-25(36-26)18-8-11-20(12-9-18)32(34)35)28-19-10-13-22-23(16-19)30-31(29-22)24-7-3-5-17-4-1-2-6-21(17)24/h1-16H,(H,28,33). The van der Waals surface area contributed by atoms with Crippen LogP contribution >= 0.6 is 0 Å². The Morgan fingerprint density at radius 3 is 2.47 bits per heavy atom. The molecule has 0 saturated heterocycles. The van der Waals surface area contributed by atoms with Gasteiger partial charge < -0.3 is 9.73 Å². The van der Waals surface area contributed by atoms with Crippen LogP contribution in [0.4, 0.5) is 11.4 Å². The molecule has 1 N–H and O–H groups in total. The predicted octanol–water partition coefficient (Wildman–Crippen LogP) is 5.99. The van der Waals surface area contributed by atoms with Crippen molar-refractivity contribution >= 4 is 39.1 Å². The minimum atomic E-state index is -0.470. The summed E-state index contributed by atoms with van der Waals surface area (Å²) in [6.07, 6.45) is 0. The summed E-state index contributed by atoms with van der Waals surface area (Å²) in [7, 11) is 0. The van der Waals surface area contributed by atoms with Crippen molar-refractivity contribution in [1.29, 1.82) is 0 Å². The lowest BCUT2D eigenvalue weighted by Gasteiger charge is -2.04. The minimum absolute atomic E-state index is 0.0175. The molecule has 0 unspecified atom stereocenters. The molecular formula is C27H17N5O4. The average molecular weight is 475 g/mol. The number of fused-ring (bicyclic) bond motifs is 2. The number of non-ortho nitro benzene ring substituents is 1. The number of anilines is 1. The number of nitrogens with one attached hydrogen (secondary N) is 1. The molecule has 4 aromatic carbocycles. The fraction of sp³-hybridized carbons (Fsp3) is 0. The smallest absolute Gasteiger partial charge is 0.291 e. The van der Waals surface area contributed by atoms with Crippen LogP contribution in [0.25, 0.3) is 38.8 Å². The first kappa shape index (κ1) is 21.2. The molecule has 0 aliphatic carbocycles.